The fraction of sp³-hybridized carbons (Fsp3) is 0.636. The molecule has 7 nitrogen and oxygen atoms in total. The number of halogens is 2. The Morgan fingerprint density at radius 3 is 2.12 bits per heavy atom. The average molecular weight is 468 g/mol. The highest BCUT2D eigenvalue weighted by Crippen LogP contribution is 2.60. The van der Waals surface area contributed by atoms with E-state index in [2.05, 4.69) is 5.32 Å². The van der Waals surface area contributed by atoms with Gasteiger partial charge in [-0.05, 0) is 74.8 Å². The molecule has 0 heterocycles. The predicted molar refractivity (Wildman–Crippen MR) is 110 cm³/mol. The van der Waals surface area contributed by atoms with Crippen molar-refractivity contribution in [2.24, 2.45) is 28.9 Å². The fourth-order valence-electron chi connectivity index (χ4n) is 6.72. The van der Waals surface area contributed by atoms with Gasteiger partial charge in [0.05, 0.1) is 4.90 Å². The van der Waals surface area contributed by atoms with Crippen molar-refractivity contribution in [1.82, 2.24) is 9.62 Å². The predicted octanol–water partition coefficient (Wildman–Crippen LogP) is 1.91. The number of nitrogens with zero attached hydrogens (tertiary/aromatic N) is 1. The minimum atomic E-state index is -4.28. The summed E-state index contributed by atoms with van der Waals surface area (Å²) in [5, 5.41) is 3.10. The average Bonchev–Trinajstić information content (AvgIpc) is 3.50. The number of primary amides is 1. The first-order valence-corrected chi connectivity index (χ1v) is 12.5. The van der Waals surface area contributed by atoms with Gasteiger partial charge in [-0.1, -0.05) is 0 Å². The minimum Gasteiger partial charge on any atom is -0.369 e. The van der Waals surface area contributed by atoms with Crippen molar-refractivity contribution >= 4 is 21.8 Å². The molecular formula is C22H27F2N3O4S. The lowest BCUT2D eigenvalue weighted by Gasteiger charge is -2.59. The molecule has 174 valence electrons. The Kier molecular flexibility index (Phi) is 4.73. The van der Waals surface area contributed by atoms with Crippen molar-refractivity contribution in [3.8, 4) is 0 Å². The summed E-state index contributed by atoms with van der Waals surface area (Å²) in [6.07, 6.45) is 4.67. The van der Waals surface area contributed by atoms with Crippen LogP contribution >= 0.6 is 0 Å². The van der Waals surface area contributed by atoms with Crippen LogP contribution in [0.5, 0.6) is 0 Å². The number of carbonyl (C=O) groups excluding carboxylic acids is 2. The molecule has 0 aromatic heterocycles. The SMILES string of the molecule is CN(C1(C(=O)NC2C3CC4CC2CC(C(N)=O)(C4)C3)CC1)S(=O)(=O)c1cc(F)cc(F)c1. The third kappa shape index (κ3) is 3.17. The second-order valence-corrected chi connectivity index (χ2v) is 12.2. The van der Waals surface area contributed by atoms with E-state index >= 15 is 0 Å². The van der Waals surface area contributed by atoms with Crippen LogP contribution in [-0.4, -0.2) is 43.2 Å². The summed E-state index contributed by atoms with van der Waals surface area (Å²) < 4.78 is 54.3. The van der Waals surface area contributed by atoms with Crippen LogP contribution in [0.25, 0.3) is 0 Å². The summed E-state index contributed by atoms with van der Waals surface area (Å²) in [6, 6.07) is 1.99. The number of carbonyl (C=O) groups is 2. The second kappa shape index (κ2) is 6.96. The summed E-state index contributed by atoms with van der Waals surface area (Å²) in [5.41, 5.74) is 3.99. The topological polar surface area (TPSA) is 110 Å². The normalized spacial score (nSPS) is 34.5. The molecule has 2 unspecified atom stereocenters. The fourth-order valence-corrected chi connectivity index (χ4v) is 8.28. The molecule has 0 saturated heterocycles. The molecule has 2 amide bonds. The zero-order valence-electron chi connectivity index (χ0n) is 17.8. The molecule has 10 heteroatoms. The standard InChI is InChI=1S/C22H27F2N3O4S/c1-27(32(30,31)17-7-15(23)6-16(24)8-17)22(2-3-22)20(29)26-18-13-4-12-5-14(18)11-21(9-12,10-13)19(25)28/h6-8,12-14,18H,2-5,9-11H2,1H3,(H2,25,28)(H,26,29). The number of nitrogens with one attached hydrogen (secondary N) is 1. The number of sulfonamides is 1. The van der Waals surface area contributed by atoms with Gasteiger partial charge in [0.25, 0.3) is 0 Å². The van der Waals surface area contributed by atoms with Gasteiger partial charge >= 0.3 is 0 Å². The van der Waals surface area contributed by atoms with E-state index in [-0.39, 0.29) is 29.7 Å². The van der Waals surface area contributed by atoms with Gasteiger partial charge in [-0.3, -0.25) is 9.59 Å². The molecular weight excluding hydrogens is 440 g/mol. The van der Waals surface area contributed by atoms with Crippen LogP contribution in [0.2, 0.25) is 0 Å². The summed E-state index contributed by atoms with van der Waals surface area (Å²) in [7, 11) is -2.99. The number of hydrogen-bond acceptors (Lipinski definition) is 4. The highest BCUT2D eigenvalue weighted by atomic mass is 32.2. The van der Waals surface area contributed by atoms with Crippen LogP contribution < -0.4 is 11.1 Å². The number of rotatable bonds is 6. The van der Waals surface area contributed by atoms with Gasteiger partial charge in [0, 0.05) is 24.6 Å². The zero-order valence-corrected chi connectivity index (χ0v) is 18.6. The Morgan fingerprint density at radius 2 is 1.62 bits per heavy atom. The molecule has 5 fully saturated rings. The molecule has 2 atom stereocenters. The van der Waals surface area contributed by atoms with Crippen molar-refractivity contribution < 1.29 is 26.8 Å². The van der Waals surface area contributed by atoms with Gasteiger partial charge in [-0.2, -0.15) is 4.31 Å². The Labute approximate surface area is 185 Å². The highest BCUT2D eigenvalue weighted by Gasteiger charge is 2.61. The van der Waals surface area contributed by atoms with E-state index in [4.69, 9.17) is 5.73 Å². The van der Waals surface area contributed by atoms with Crippen LogP contribution in [0.1, 0.15) is 44.9 Å². The highest BCUT2D eigenvalue weighted by molar-refractivity contribution is 7.89. The van der Waals surface area contributed by atoms with Gasteiger partial charge < -0.3 is 11.1 Å². The van der Waals surface area contributed by atoms with Crippen LogP contribution in [-0.2, 0) is 19.6 Å². The maximum Gasteiger partial charge on any atom is 0.244 e. The smallest absolute Gasteiger partial charge is 0.244 e. The molecule has 0 aliphatic heterocycles. The largest absolute Gasteiger partial charge is 0.369 e. The minimum absolute atomic E-state index is 0.119. The van der Waals surface area contributed by atoms with E-state index in [1.165, 1.54) is 7.05 Å². The maximum absolute atomic E-state index is 13.6. The van der Waals surface area contributed by atoms with E-state index in [0.29, 0.717) is 37.7 Å². The Bertz CT molecular complexity index is 1070. The molecule has 1 aromatic rings. The van der Waals surface area contributed by atoms with Gasteiger partial charge in [0.1, 0.15) is 17.2 Å². The first kappa shape index (κ1) is 21.8. The van der Waals surface area contributed by atoms with Gasteiger partial charge in [0.15, 0.2) is 0 Å². The van der Waals surface area contributed by atoms with E-state index in [9.17, 15) is 26.8 Å². The molecule has 0 radical (unpaired) electrons. The lowest BCUT2D eigenvalue weighted by Crippen LogP contribution is -2.64. The Balaban J connectivity index is 1.36. The first-order chi connectivity index (χ1) is 15.0. The van der Waals surface area contributed by atoms with Crippen molar-refractivity contribution in [1.29, 1.82) is 0 Å². The molecule has 1 aromatic carbocycles. The van der Waals surface area contributed by atoms with Crippen LogP contribution in [0, 0.1) is 34.8 Å². The van der Waals surface area contributed by atoms with E-state index in [1.54, 1.807) is 0 Å². The molecule has 32 heavy (non-hydrogen) atoms. The Morgan fingerprint density at radius 1 is 1.06 bits per heavy atom. The molecule has 5 saturated carbocycles. The monoisotopic (exact) mass is 467 g/mol. The maximum atomic E-state index is 13.6. The number of hydrogen-bond donors (Lipinski definition) is 2. The van der Waals surface area contributed by atoms with E-state index < -0.39 is 37.5 Å². The molecule has 4 bridgehead atoms. The number of benzene rings is 1. The summed E-state index contributed by atoms with van der Waals surface area (Å²) in [5.74, 6) is -1.90. The third-order valence-electron chi connectivity index (χ3n) is 8.34. The molecule has 3 N–H and O–H groups in total. The van der Waals surface area contributed by atoms with Crippen LogP contribution in [0.15, 0.2) is 23.1 Å². The van der Waals surface area contributed by atoms with E-state index in [0.717, 1.165) is 35.7 Å². The van der Waals surface area contributed by atoms with Gasteiger partial charge in [-0.25, -0.2) is 17.2 Å². The zero-order chi connectivity index (χ0) is 23.1. The summed E-state index contributed by atoms with van der Waals surface area (Å²) >= 11 is 0. The number of nitrogens with two attached hydrogens (primary N) is 1. The third-order valence-corrected chi connectivity index (χ3v) is 10.2. The first-order valence-electron chi connectivity index (χ1n) is 11.0. The van der Waals surface area contributed by atoms with Crippen molar-refractivity contribution in [3.63, 3.8) is 0 Å². The molecule has 5 aliphatic rings. The molecule has 0 spiro atoms. The second-order valence-electron chi connectivity index (χ2n) is 10.2. The Hall–Kier alpha value is -2.07. The summed E-state index contributed by atoms with van der Waals surface area (Å²) in [4.78, 5) is 25.0. The van der Waals surface area contributed by atoms with E-state index in [1.807, 2.05) is 0 Å². The van der Waals surface area contributed by atoms with Gasteiger partial charge in [0.2, 0.25) is 21.8 Å². The van der Waals surface area contributed by atoms with Crippen LogP contribution in [0.3, 0.4) is 0 Å². The van der Waals surface area contributed by atoms with Crippen molar-refractivity contribution in [2.45, 2.75) is 61.4 Å². The van der Waals surface area contributed by atoms with Gasteiger partial charge in [-0.15, -0.1) is 0 Å². The van der Waals surface area contributed by atoms with Crippen molar-refractivity contribution in [2.75, 3.05) is 7.05 Å². The molecule has 5 aliphatic carbocycles. The number of amides is 2. The van der Waals surface area contributed by atoms with Crippen molar-refractivity contribution in [3.05, 3.63) is 29.8 Å². The van der Waals surface area contributed by atoms with Crippen LogP contribution in [0.4, 0.5) is 8.78 Å². The molecule has 6 rings (SSSR count). The quantitative estimate of drug-likeness (QED) is 0.666. The summed E-state index contributed by atoms with van der Waals surface area (Å²) in [6.45, 7) is 0. The number of likely N-dealkylation sites (N-methyl/N-ethyl adjacent to an activating group) is 1. The lowest BCUT2D eigenvalue weighted by molar-refractivity contribution is -0.148. The lowest BCUT2D eigenvalue weighted by atomic mass is 9.47.